The summed E-state index contributed by atoms with van der Waals surface area (Å²) in [7, 11) is 0. The van der Waals surface area contributed by atoms with Gasteiger partial charge in [-0.3, -0.25) is 4.79 Å². The second kappa shape index (κ2) is 10.7. The Bertz CT molecular complexity index is 366. The molecule has 0 unspecified atom stereocenters. The van der Waals surface area contributed by atoms with Crippen LogP contribution >= 0.6 is 0 Å². The predicted octanol–water partition coefficient (Wildman–Crippen LogP) is -0.904. The van der Waals surface area contributed by atoms with Gasteiger partial charge in [0.15, 0.2) is 6.29 Å². The van der Waals surface area contributed by atoms with E-state index >= 15 is 0 Å². The molecule has 0 aromatic carbocycles. The number of ether oxygens (including phenoxy) is 2. The Morgan fingerprint density at radius 1 is 1.22 bits per heavy atom. The van der Waals surface area contributed by atoms with Gasteiger partial charge < -0.3 is 34.9 Å². The van der Waals surface area contributed by atoms with Gasteiger partial charge in [0.1, 0.15) is 30.6 Å². The molecule has 1 amide bonds. The average Bonchev–Trinajstić information content (AvgIpc) is 2.52. The maximum Gasteiger partial charge on any atom is 0.217 e. The number of carbonyl (C=O) groups excluding carboxylic acids is 2. The molecule has 0 spiro atoms. The third kappa shape index (κ3) is 6.52. The minimum atomic E-state index is -1.31. The molecular formula is C15H27NO7. The third-order valence-corrected chi connectivity index (χ3v) is 3.75. The molecule has 0 radical (unpaired) electrons. The van der Waals surface area contributed by atoms with E-state index in [1.807, 2.05) is 0 Å². The van der Waals surface area contributed by atoms with Crippen molar-refractivity contribution >= 4 is 12.2 Å². The van der Waals surface area contributed by atoms with Crippen LogP contribution in [0.4, 0.5) is 0 Å². The number of aldehydes is 1. The van der Waals surface area contributed by atoms with Crippen molar-refractivity contribution in [2.75, 3.05) is 13.2 Å². The number of hydrogen-bond acceptors (Lipinski definition) is 7. The molecule has 0 aliphatic carbocycles. The first-order valence-corrected chi connectivity index (χ1v) is 7.96. The molecule has 1 saturated heterocycles. The van der Waals surface area contributed by atoms with E-state index in [1.165, 1.54) is 6.92 Å². The van der Waals surface area contributed by atoms with Crippen LogP contribution in [-0.4, -0.2) is 71.4 Å². The smallest absolute Gasteiger partial charge is 0.217 e. The van der Waals surface area contributed by atoms with Gasteiger partial charge >= 0.3 is 0 Å². The number of aliphatic hydroxyl groups excluding tert-OH is 3. The van der Waals surface area contributed by atoms with Crippen molar-refractivity contribution in [1.29, 1.82) is 0 Å². The van der Waals surface area contributed by atoms with Crippen LogP contribution < -0.4 is 5.32 Å². The van der Waals surface area contributed by atoms with E-state index in [2.05, 4.69) is 5.32 Å². The summed E-state index contributed by atoms with van der Waals surface area (Å²) in [6, 6.07) is -0.902. The van der Waals surface area contributed by atoms with Crippen LogP contribution in [0.15, 0.2) is 0 Å². The number of rotatable bonds is 10. The van der Waals surface area contributed by atoms with Crippen LogP contribution in [0.1, 0.15) is 39.0 Å². The number of nitrogens with one attached hydrogen (secondary N) is 1. The summed E-state index contributed by atoms with van der Waals surface area (Å²) in [5.41, 5.74) is 0. The van der Waals surface area contributed by atoms with Gasteiger partial charge in [0.25, 0.3) is 0 Å². The first kappa shape index (κ1) is 20.0. The molecule has 8 nitrogen and oxygen atoms in total. The SMILES string of the molecule is CC(=O)N[C@H]1[C@H](OCCCCCCC=O)O[C@H](CO)[C@H](O)[C@@H]1O. The van der Waals surface area contributed by atoms with Crippen molar-refractivity contribution in [2.24, 2.45) is 0 Å². The van der Waals surface area contributed by atoms with E-state index in [1.54, 1.807) is 0 Å². The van der Waals surface area contributed by atoms with Gasteiger partial charge in [-0.05, 0) is 12.8 Å². The van der Waals surface area contributed by atoms with E-state index in [-0.39, 0.29) is 5.91 Å². The van der Waals surface area contributed by atoms with Gasteiger partial charge in [0, 0.05) is 20.0 Å². The number of hydrogen-bond donors (Lipinski definition) is 4. The largest absolute Gasteiger partial charge is 0.394 e. The molecule has 23 heavy (non-hydrogen) atoms. The van der Waals surface area contributed by atoms with Crippen molar-refractivity contribution in [3.63, 3.8) is 0 Å². The summed E-state index contributed by atoms with van der Waals surface area (Å²) in [5.74, 6) is -0.380. The normalized spacial score (nSPS) is 30.9. The second-order valence-electron chi connectivity index (χ2n) is 5.67. The minimum absolute atomic E-state index is 0.350. The van der Waals surface area contributed by atoms with Gasteiger partial charge in [-0.1, -0.05) is 12.8 Å². The van der Waals surface area contributed by atoms with Crippen molar-refractivity contribution in [3.05, 3.63) is 0 Å². The summed E-state index contributed by atoms with van der Waals surface area (Å²) < 4.78 is 11.0. The van der Waals surface area contributed by atoms with Gasteiger partial charge in [0.05, 0.1) is 6.61 Å². The Balaban J connectivity index is 2.46. The maximum absolute atomic E-state index is 11.2. The molecule has 0 saturated carbocycles. The quantitative estimate of drug-likeness (QED) is 0.301. The first-order valence-electron chi connectivity index (χ1n) is 7.96. The zero-order valence-electron chi connectivity index (χ0n) is 13.4. The Morgan fingerprint density at radius 3 is 2.52 bits per heavy atom. The fourth-order valence-corrected chi connectivity index (χ4v) is 2.50. The van der Waals surface area contributed by atoms with Crippen LogP contribution in [0, 0.1) is 0 Å². The number of carbonyl (C=O) groups is 2. The average molecular weight is 333 g/mol. The lowest BCUT2D eigenvalue weighted by molar-refractivity contribution is -0.270. The van der Waals surface area contributed by atoms with E-state index in [0.717, 1.165) is 32.0 Å². The highest BCUT2D eigenvalue weighted by molar-refractivity contribution is 5.73. The third-order valence-electron chi connectivity index (χ3n) is 3.75. The highest BCUT2D eigenvalue weighted by atomic mass is 16.7. The van der Waals surface area contributed by atoms with Crippen molar-refractivity contribution in [3.8, 4) is 0 Å². The highest BCUT2D eigenvalue weighted by Crippen LogP contribution is 2.22. The molecular weight excluding hydrogens is 306 g/mol. The maximum atomic E-state index is 11.2. The summed E-state index contributed by atoms with van der Waals surface area (Å²) in [4.78, 5) is 21.4. The van der Waals surface area contributed by atoms with Gasteiger partial charge in [0.2, 0.25) is 5.91 Å². The van der Waals surface area contributed by atoms with Crippen LogP contribution in [0.5, 0.6) is 0 Å². The molecule has 5 atom stereocenters. The molecule has 134 valence electrons. The summed E-state index contributed by atoms with van der Waals surface area (Å²) in [6.07, 6.45) is 0.345. The topological polar surface area (TPSA) is 125 Å². The molecule has 1 aliphatic rings. The van der Waals surface area contributed by atoms with Crippen LogP contribution in [-0.2, 0) is 19.1 Å². The Kier molecular flexibility index (Phi) is 9.27. The number of unbranched alkanes of at least 4 members (excludes halogenated alkanes) is 4. The molecule has 4 N–H and O–H groups in total. The van der Waals surface area contributed by atoms with Gasteiger partial charge in [-0.2, -0.15) is 0 Å². The fourth-order valence-electron chi connectivity index (χ4n) is 2.50. The molecule has 1 fully saturated rings. The van der Waals surface area contributed by atoms with E-state index in [4.69, 9.17) is 9.47 Å². The van der Waals surface area contributed by atoms with Crippen LogP contribution in [0.3, 0.4) is 0 Å². The first-order chi connectivity index (χ1) is 11.0. The Labute approximate surface area is 135 Å². The summed E-state index contributed by atoms with van der Waals surface area (Å²) in [6.45, 7) is 1.18. The van der Waals surface area contributed by atoms with Crippen molar-refractivity contribution in [2.45, 2.75) is 69.7 Å². The van der Waals surface area contributed by atoms with Gasteiger partial charge in [-0.25, -0.2) is 0 Å². The lowest BCUT2D eigenvalue weighted by Crippen LogP contribution is -2.64. The van der Waals surface area contributed by atoms with Crippen LogP contribution in [0.25, 0.3) is 0 Å². The van der Waals surface area contributed by atoms with Crippen molar-refractivity contribution < 1.29 is 34.4 Å². The minimum Gasteiger partial charge on any atom is -0.394 e. The molecule has 8 heteroatoms. The lowest BCUT2D eigenvalue weighted by atomic mass is 9.97. The Hall–Kier alpha value is -1.06. The monoisotopic (exact) mass is 333 g/mol. The second-order valence-corrected chi connectivity index (χ2v) is 5.67. The summed E-state index contributed by atoms with van der Waals surface area (Å²) in [5, 5.41) is 31.6. The molecule has 0 aromatic heterocycles. The number of amides is 1. The molecule has 0 aromatic rings. The molecule has 1 aliphatic heterocycles. The standard InChI is InChI=1S/C15H27NO7/c1-10(19)16-12-14(21)13(20)11(9-18)23-15(12)22-8-6-4-2-3-5-7-17/h7,11-15,18,20-21H,2-6,8-9H2,1H3,(H,16,19)/t11-,12-,13+,14-,15-/m1/s1. The van der Waals surface area contributed by atoms with Crippen LogP contribution in [0.2, 0.25) is 0 Å². The fraction of sp³-hybridized carbons (Fsp3) is 0.867. The van der Waals surface area contributed by atoms with E-state index in [0.29, 0.717) is 13.0 Å². The molecule has 0 bridgehead atoms. The molecule has 1 rings (SSSR count). The highest BCUT2D eigenvalue weighted by Gasteiger charge is 2.45. The van der Waals surface area contributed by atoms with Gasteiger partial charge in [-0.15, -0.1) is 0 Å². The predicted molar refractivity (Wildman–Crippen MR) is 80.5 cm³/mol. The molecule has 1 heterocycles. The van der Waals surface area contributed by atoms with E-state index < -0.39 is 37.3 Å². The lowest BCUT2D eigenvalue weighted by Gasteiger charge is -2.42. The van der Waals surface area contributed by atoms with Crippen molar-refractivity contribution in [1.82, 2.24) is 5.32 Å². The Morgan fingerprint density at radius 2 is 1.91 bits per heavy atom. The zero-order chi connectivity index (χ0) is 17.2. The van der Waals surface area contributed by atoms with E-state index in [9.17, 15) is 24.9 Å². The number of aliphatic hydroxyl groups is 3. The summed E-state index contributed by atoms with van der Waals surface area (Å²) >= 11 is 0. The zero-order valence-corrected chi connectivity index (χ0v) is 13.4.